The summed E-state index contributed by atoms with van der Waals surface area (Å²) >= 11 is 5.95. The predicted octanol–water partition coefficient (Wildman–Crippen LogP) is 2.80. The van der Waals surface area contributed by atoms with E-state index < -0.39 is 11.9 Å². The largest absolute Gasteiger partial charge is 0.348 e. The lowest BCUT2D eigenvalue weighted by atomic mass is 10.2. The molecule has 1 aromatic heterocycles. The third-order valence-electron chi connectivity index (χ3n) is 2.40. The van der Waals surface area contributed by atoms with Gasteiger partial charge in [0.05, 0.1) is 5.56 Å². The highest BCUT2D eigenvalue weighted by molar-refractivity contribution is 6.31. The molecule has 0 bridgehead atoms. The van der Waals surface area contributed by atoms with Crippen molar-refractivity contribution >= 4 is 17.5 Å². The highest BCUT2D eigenvalue weighted by Gasteiger charge is 2.11. The molecular formula is C13H10ClFN2O. The van der Waals surface area contributed by atoms with Gasteiger partial charge < -0.3 is 5.32 Å². The Morgan fingerprint density at radius 1 is 1.28 bits per heavy atom. The predicted molar refractivity (Wildman–Crippen MR) is 66.8 cm³/mol. The summed E-state index contributed by atoms with van der Waals surface area (Å²) in [5, 5.41) is 3.15. The minimum atomic E-state index is -0.783. The molecule has 0 saturated carbocycles. The molecule has 18 heavy (non-hydrogen) atoms. The fourth-order valence-corrected chi connectivity index (χ4v) is 1.67. The van der Waals surface area contributed by atoms with Gasteiger partial charge in [-0.1, -0.05) is 29.8 Å². The van der Waals surface area contributed by atoms with E-state index in [4.69, 9.17) is 11.6 Å². The Morgan fingerprint density at radius 3 is 2.78 bits per heavy atom. The summed E-state index contributed by atoms with van der Waals surface area (Å²) in [7, 11) is 0. The van der Waals surface area contributed by atoms with Gasteiger partial charge in [0, 0.05) is 17.8 Å². The van der Waals surface area contributed by atoms with Crippen molar-refractivity contribution in [1.29, 1.82) is 0 Å². The van der Waals surface area contributed by atoms with Gasteiger partial charge in [-0.2, -0.15) is 4.39 Å². The van der Waals surface area contributed by atoms with Crippen LogP contribution in [0, 0.1) is 5.95 Å². The number of rotatable bonds is 3. The lowest BCUT2D eigenvalue weighted by Crippen LogP contribution is -2.24. The van der Waals surface area contributed by atoms with E-state index in [0.717, 1.165) is 5.56 Å². The van der Waals surface area contributed by atoms with Gasteiger partial charge in [-0.05, 0) is 23.8 Å². The van der Waals surface area contributed by atoms with Crippen LogP contribution in [-0.2, 0) is 6.54 Å². The fraction of sp³-hybridized carbons (Fsp3) is 0.0769. The monoisotopic (exact) mass is 264 g/mol. The lowest BCUT2D eigenvalue weighted by molar-refractivity contribution is 0.0946. The number of pyridine rings is 1. The Labute approximate surface area is 109 Å². The van der Waals surface area contributed by atoms with Gasteiger partial charge in [0.15, 0.2) is 0 Å². The number of aromatic nitrogens is 1. The second kappa shape index (κ2) is 5.60. The number of benzene rings is 1. The minimum absolute atomic E-state index is 0.0791. The van der Waals surface area contributed by atoms with Crippen LogP contribution >= 0.6 is 11.6 Å². The van der Waals surface area contributed by atoms with E-state index in [0.29, 0.717) is 5.02 Å². The molecule has 5 heteroatoms. The smallest absolute Gasteiger partial charge is 0.256 e. The number of nitrogens with zero attached hydrogens (tertiary/aromatic N) is 1. The van der Waals surface area contributed by atoms with Crippen LogP contribution < -0.4 is 5.32 Å². The first-order valence-electron chi connectivity index (χ1n) is 5.30. The second-order valence-corrected chi connectivity index (χ2v) is 4.02. The Balaban J connectivity index is 2.06. The van der Waals surface area contributed by atoms with Gasteiger partial charge in [-0.15, -0.1) is 0 Å². The van der Waals surface area contributed by atoms with E-state index in [-0.39, 0.29) is 12.1 Å². The van der Waals surface area contributed by atoms with Crippen molar-refractivity contribution < 1.29 is 9.18 Å². The summed E-state index contributed by atoms with van der Waals surface area (Å²) < 4.78 is 13.2. The Kier molecular flexibility index (Phi) is 3.89. The molecule has 0 unspecified atom stereocenters. The number of hydrogen-bond donors (Lipinski definition) is 1. The van der Waals surface area contributed by atoms with Gasteiger partial charge in [0.25, 0.3) is 5.91 Å². The molecule has 2 aromatic rings. The van der Waals surface area contributed by atoms with Crippen molar-refractivity contribution in [1.82, 2.24) is 10.3 Å². The molecule has 1 aromatic carbocycles. The molecule has 1 N–H and O–H groups in total. The quantitative estimate of drug-likeness (QED) is 0.866. The number of amides is 1. The van der Waals surface area contributed by atoms with Crippen LogP contribution in [0.1, 0.15) is 15.9 Å². The summed E-state index contributed by atoms with van der Waals surface area (Å²) in [6, 6.07) is 10.0. The normalized spacial score (nSPS) is 10.1. The van der Waals surface area contributed by atoms with Crippen LogP contribution in [0.15, 0.2) is 42.6 Å². The average Bonchev–Trinajstić information content (AvgIpc) is 2.38. The van der Waals surface area contributed by atoms with Gasteiger partial charge in [0.1, 0.15) is 0 Å². The topological polar surface area (TPSA) is 42.0 Å². The Bertz CT molecular complexity index is 574. The number of carbonyl (C=O) groups excluding carboxylic acids is 1. The summed E-state index contributed by atoms with van der Waals surface area (Å²) in [5.74, 6) is -1.30. The molecule has 92 valence electrons. The molecule has 0 radical (unpaired) electrons. The molecule has 3 nitrogen and oxygen atoms in total. The van der Waals surface area contributed by atoms with E-state index in [1.165, 1.54) is 18.3 Å². The van der Waals surface area contributed by atoms with Crippen LogP contribution in [0.2, 0.25) is 5.02 Å². The number of carbonyl (C=O) groups is 1. The van der Waals surface area contributed by atoms with Crippen molar-refractivity contribution in [3.8, 4) is 0 Å². The van der Waals surface area contributed by atoms with E-state index in [1.54, 1.807) is 18.2 Å². The molecule has 0 aliphatic heterocycles. The van der Waals surface area contributed by atoms with E-state index in [9.17, 15) is 9.18 Å². The molecule has 0 atom stereocenters. The first-order valence-corrected chi connectivity index (χ1v) is 5.68. The zero-order valence-corrected chi connectivity index (χ0v) is 10.1. The molecule has 0 spiro atoms. The summed E-state index contributed by atoms with van der Waals surface area (Å²) in [6.07, 6.45) is 1.29. The highest BCUT2D eigenvalue weighted by Crippen LogP contribution is 2.14. The fourth-order valence-electron chi connectivity index (χ4n) is 1.47. The zero-order valence-electron chi connectivity index (χ0n) is 9.36. The van der Waals surface area contributed by atoms with Crippen molar-refractivity contribution in [2.24, 2.45) is 0 Å². The minimum Gasteiger partial charge on any atom is -0.348 e. The van der Waals surface area contributed by atoms with Crippen molar-refractivity contribution in [3.05, 3.63) is 64.7 Å². The van der Waals surface area contributed by atoms with Gasteiger partial charge in [-0.25, -0.2) is 4.98 Å². The number of halogens is 2. The Hall–Kier alpha value is -1.94. The molecule has 0 saturated heterocycles. The molecule has 1 amide bonds. The van der Waals surface area contributed by atoms with Crippen molar-refractivity contribution in [2.45, 2.75) is 6.54 Å². The highest BCUT2D eigenvalue weighted by atomic mass is 35.5. The molecule has 0 aliphatic carbocycles. The SMILES string of the molecule is O=C(NCc1ccccc1Cl)c1cccnc1F. The lowest BCUT2D eigenvalue weighted by Gasteiger charge is -2.07. The standard InChI is InChI=1S/C13H10ClFN2O/c14-11-6-2-1-4-9(11)8-17-13(18)10-5-3-7-16-12(10)15/h1-7H,8H2,(H,17,18). The van der Waals surface area contributed by atoms with Gasteiger partial charge in [0.2, 0.25) is 5.95 Å². The Morgan fingerprint density at radius 2 is 2.06 bits per heavy atom. The average molecular weight is 265 g/mol. The van der Waals surface area contributed by atoms with Crippen LogP contribution in [-0.4, -0.2) is 10.9 Å². The molecule has 0 fully saturated rings. The first kappa shape index (κ1) is 12.5. The summed E-state index contributed by atoms with van der Waals surface area (Å²) in [6.45, 7) is 0.243. The van der Waals surface area contributed by atoms with Crippen LogP contribution in [0.4, 0.5) is 4.39 Å². The maximum absolute atomic E-state index is 13.2. The summed E-state index contributed by atoms with van der Waals surface area (Å²) in [4.78, 5) is 15.1. The van der Waals surface area contributed by atoms with Gasteiger partial charge >= 0.3 is 0 Å². The molecule has 0 aliphatic rings. The molecule has 2 rings (SSSR count). The second-order valence-electron chi connectivity index (χ2n) is 3.62. The molecular weight excluding hydrogens is 255 g/mol. The third-order valence-corrected chi connectivity index (χ3v) is 2.77. The maximum Gasteiger partial charge on any atom is 0.256 e. The summed E-state index contributed by atoms with van der Waals surface area (Å²) in [5.41, 5.74) is 0.696. The van der Waals surface area contributed by atoms with E-state index in [1.807, 2.05) is 6.07 Å². The van der Waals surface area contributed by atoms with Crippen molar-refractivity contribution in [3.63, 3.8) is 0 Å². The van der Waals surface area contributed by atoms with E-state index >= 15 is 0 Å². The van der Waals surface area contributed by atoms with Crippen molar-refractivity contribution in [2.75, 3.05) is 0 Å². The van der Waals surface area contributed by atoms with Crippen LogP contribution in [0.3, 0.4) is 0 Å². The maximum atomic E-state index is 13.2. The molecule has 1 heterocycles. The zero-order chi connectivity index (χ0) is 13.0. The first-order chi connectivity index (χ1) is 8.68. The van der Waals surface area contributed by atoms with Gasteiger partial charge in [-0.3, -0.25) is 4.79 Å². The number of hydrogen-bond acceptors (Lipinski definition) is 2. The number of nitrogens with one attached hydrogen (secondary N) is 1. The third kappa shape index (κ3) is 2.84. The van der Waals surface area contributed by atoms with Crippen LogP contribution in [0.5, 0.6) is 0 Å². The van der Waals surface area contributed by atoms with E-state index in [2.05, 4.69) is 10.3 Å². The van der Waals surface area contributed by atoms with Crippen LogP contribution in [0.25, 0.3) is 0 Å².